The number of nitrogens with one attached hydrogen (secondary N) is 1. The number of carboxylic acids is 1. The average molecular weight is 2060 g/mol. The van der Waals surface area contributed by atoms with Crippen molar-refractivity contribution in [1.82, 2.24) is 83.8 Å². The second kappa shape index (κ2) is 45.9. The SMILES string of the molecule is C[C@@H](O)c1cccnc1Cl.C[C@@H](OC(=O)Nc1c(-c2ncc(OS(C)(=O)=O)cc2F)cnn1C)c1cccnc1Cl.Cn1ncc(-c2ncc(O)cc2F)c1C(=O)OC(C)(C)C.Cn1ncc(-c2ncc(OS(C)(=O)=O)cc2F)c1C(=O)O.Cn1ncc(-c2ncc(OS(C)(=O)=O)cc2F)c1C(=O)OC(C)(C)C.Cn1ncc(B2OC(C)(C)C(C)(C)O2)c1C(=O)OC(C)(C)C.Oc1cnc(Cl)c(F)c1. The summed E-state index contributed by atoms with van der Waals surface area (Å²) in [5, 5.41) is 58.6. The summed E-state index contributed by atoms with van der Waals surface area (Å²) in [6.45, 7) is 27.0. The molecule has 1 amide bonds. The molecule has 1 fully saturated rings. The Hall–Kier alpha value is -13.4. The largest absolute Gasteiger partial charge is 0.506 e. The van der Waals surface area contributed by atoms with Gasteiger partial charge in [0.25, 0.3) is 0 Å². The minimum Gasteiger partial charge on any atom is -0.506 e. The zero-order chi connectivity index (χ0) is 105. The smallest absolute Gasteiger partial charge is 0.498 e. The number of carbonyl (C=O) groups excluding carboxylic acids is 4. The quantitative estimate of drug-likeness (QED) is 0.0125. The van der Waals surface area contributed by atoms with E-state index < -0.39 is 137 Å². The van der Waals surface area contributed by atoms with E-state index in [1.54, 1.807) is 106 Å². The molecule has 0 unspecified atom stereocenters. The molecule has 748 valence electrons. The van der Waals surface area contributed by atoms with Gasteiger partial charge in [0, 0.05) is 101 Å². The number of aromatic carboxylic acids is 1. The summed E-state index contributed by atoms with van der Waals surface area (Å²) in [6, 6.07) is 11.2. The van der Waals surface area contributed by atoms with Crippen LogP contribution in [0.25, 0.3) is 45.0 Å². The van der Waals surface area contributed by atoms with Gasteiger partial charge in [-0.1, -0.05) is 46.9 Å². The number of carboxylic acid groups (broad SMARTS) is 1. The van der Waals surface area contributed by atoms with E-state index in [-0.39, 0.29) is 107 Å². The number of carbonyl (C=O) groups is 5. The van der Waals surface area contributed by atoms with E-state index in [0.29, 0.717) is 27.4 Å². The van der Waals surface area contributed by atoms with Crippen LogP contribution in [-0.4, -0.2) is 213 Å². The molecule has 1 saturated heterocycles. The highest BCUT2D eigenvalue weighted by Crippen LogP contribution is 2.39. The number of halogens is 8. The molecule has 139 heavy (non-hydrogen) atoms. The molecule has 1 aliphatic rings. The van der Waals surface area contributed by atoms with Crippen LogP contribution in [0.2, 0.25) is 15.5 Å². The number of aryl methyl sites for hydroxylation is 5. The summed E-state index contributed by atoms with van der Waals surface area (Å²) in [4.78, 5) is 86.9. The van der Waals surface area contributed by atoms with Crippen molar-refractivity contribution in [2.24, 2.45) is 35.2 Å². The van der Waals surface area contributed by atoms with Crippen molar-refractivity contribution >= 4 is 114 Å². The van der Waals surface area contributed by atoms with Crippen LogP contribution in [0.5, 0.6) is 28.7 Å². The van der Waals surface area contributed by atoms with Crippen molar-refractivity contribution < 1.29 is 132 Å². The number of aromatic hydroxyl groups is 2. The molecule has 13 heterocycles. The highest BCUT2D eigenvalue weighted by atomic mass is 35.5. The van der Waals surface area contributed by atoms with E-state index in [1.807, 2.05) is 48.5 Å². The van der Waals surface area contributed by atoms with Crippen LogP contribution in [0.3, 0.4) is 0 Å². The molecule has 0 saturated carbocycles. The lowest BCUT2D eigenvalue weighted by atomic mass is 9.79. The summed E-state index contributed by atoms with van der Waals surface area (Å²) in [6.07, 6.45) is 15.4. The van der Waals surface area contributed by atoms with Crippen molar-refractivity contribution in [3.8, 4) is 73.8 Å². The number of pyridine rings is 7. The molecule has 1 aliphatic heterocycles. The zero-order valence-electron chi connectivity index (χ0n) is 78.7. The van der Waals surface area contributed by atoms with E-state index >= 15 is 0 Å². The van der Waals surface area contributed by atoms with Gasteiger partial charge < -0.3 is 61.2 Å². The Balaban J connectivity index is 0.000000227. The Morgan fingerprint density at radius 1 is 0.446 bits per heavy atom. The number of hydrogen-bond acceptors (Lipinski definition) is 35. The number of esters is 3. The first-order chi connectivity index (χ1) is 64.0. The fourth-order valence-corrected chi connectivity index (χ4v) is 13.4. The topological polar surface area (TPSA) is 543 Å². The van der Waals surface area contributed by atoms with Gasteiger partial charge in [0.15, 0.2) is 68.6 Å². The Bertz CT molecular complexity index is 6840. The fourth-order valence-electron chi connectivity index (χ4n) is 11.5. The molecule has 0 aliphatic carbocycles. The molecule has 5 N–H and O–H groups in total. The summed E-state index contributed by atoms with van der Waals surface area (Å²) >= 11 is 16.8. The molecule has 0 aromatic carbocycles. The molecule has 0 spiro atoms. The predicted molar refractivity (Wildman–Crippen MR) is 494 cm³/mol. The van der Waals surface area contributed by atoms with E-state index in [2.05, 4.69) is 78.2 Å². The molecule has 12 aromatic heterocycles. The molecular weight excluding hydrogens is 1970 g/mol. The number of ether oxygens (including phenoxy) is 4. The number of aromatic nitrogens is 17. The molecule has 13 rings (SSSR count). The molecule has 12 aromatic rings. The van der Waals surface area contributed by atoms with E-state index in [4.69, 9.17) is 78.4 Å². The van der Waals surface area contributed by atoms with Crippen LogP contribution >= 0.6 is 34.8 Å². The highest BCUT2D eigenvalue weighted by Gasteiger charge is 2.53. The third kappa shape index (κ3) is 32.6. The number of anilines is 1. The lowest BCUT2D eigenvalue weighted by Crippen LogP contribution is -2.41. The van der Waals surface area contributed by atoms with Gasteiger partial charge in [0.2, 0.25) is 0 Å². The first-order valence-electron chi connectivity index (χ1n) is 40.3. The summed E-state index contributed by atoms with van der Waals surface area (Å²) in [5.41, 5.74) is -1.13. The van der Waals surface area contributed by atoms with Crippen molar-refractivity contribution in [3.63, 3.8) is 0 Å². The van der Waals surface area contributed by atoms with E-state index in [0.717, 1.165) is 91.0 Å². The Kier molecular flexibility index (Phi) is 37.2. The van der Waals surface area contributed by atoms with Gasteiger partial charge in [-0.05, 0) is 116 Å². The van der Waals surface area contributed by atoms with E-state index in [9.17, 15) is 76.3 Å². The van der Waals surface area contributed by atoms with Crippen LogP contribution in [-0.2, 0) is 93.8 Å². The Morgan fingerprint density at radius 2 is 0.770 bits per heavy atom. The number of aliphatic hydroxyl groups is 1. The van der Waals surface area contributed by atoms with Crippen LogP contribution in [0.4, 0.5) is 32.6 Å². The first kappa shape index (κ1) is 113. The minimum atomic E-state index is -3.84. The summed E-state index contributed by atoms with van der Waals surface area (Å²) in [7, 11) is -4.39. The number of rotatable bonds is 19. The number of hydrogen-bond donors (Lipinski definition) is 5. The normalized spacial score (nSPS) is 13.1. The number of nitrogens with zero attached hydrogens (tertiary/aromatic N) is 17. The molecule has 54 heteroatoms. The maximum Gasteiger partial charge on any atom is 0.498 e. The van der Waals surface area contributed by atoms with Gasteiger partial charge in [-0.15, -0.1) is 0 Å². The molecule has 0 radical (unpaired) electrons. The fraction of sp³-hybridized carbons (Fsp3) is 0.353. The minimum absolute atomic E-state index is 0.0200. The van der Waals surface area contributed by atoms with E-state index in [1.165, 1.54) is 64.7 Å². The molecule has 42 nitrogen and oxygen atoms in total. The number of amides is 1. The van der Waals surface area contributed by atoms with Gasteiger partial charge >= 0.3 is 67.4 Å². The van der Waals surface area contributed by atoms with Gasteiger partial charge in [0.05, 0.1) is 114 Å². The highest BCUT2D eigenvalue weighted by molar-refractivity contribution is 7.86. The lowest BCUT2D eigenvalue weighted by molar-refractivity contribution is 0.00457. The Morgan fingerprint density at radius 3 is 1.12 bits per heavy atom. The summed E-state index contributed by atoms with van der Waals surface area (Å²) < 4.78 is 189. The van der Waals surface area contributed by atoms with Crippen LogP contribution < -0.4 is 23.3 Å². The molecule has 0 bridgehead atoms. The second-order valence-electron chi connectivity index (χ2n) is 33.6. The van der Waals surface area contributed by atoms with Crippen molar-refractivity contribution in [2.45, 2.75) is 144 Å². The zero-order valence-corrected chi connectivity index (χ0v) is 83.4. The third-order valence-electron chi connectivity index (χ3n) is 18.0. The first-order valence-corrected chi connectivity index (χ1v) is 46.9. The monoisotopic (exact) mass is 2060 g/mol. The van der Waals surface area contributed by atoms with Crippen LogP contribution in [0.1, 0.15) is 169 Å². The van der Waals surface area contributed by atoms with Crippen molar-refractivity contribution in [1.29, 1.82) is 0 Å². The van der Waals surface area contributed by atoms with Crippen molar-refractivity contribution in [2.75, 3.05) is 24.1 Å². The molecule has 2 atom stereocenters. The third-order valence-corrected chi connectivity index (χ3v) is 20.4. The maximum atomic E-state index is 14.6. The maximum absolute atomic E-state index is 14.6. The van der Waals surface area contributed by atoms with Gasteiger partial charge in [-0.3, -0.25) is 28.7 Å². The Labute approximate surface area is 809 Å². The van der Waals surface area contributed by atoms with Crippen molar-refractivity contribution in [3.05, 3.63) is 207 Å². The predicted octanol–water partition coefficient (Wildman–Crippen LogP) is 13.2. The van der Waals surface area contributed by atoms with Gasteiger partial charge in [0.1, 0.15) is 79.0 Å². The van der Waals surface area contributed by atoms with Gasteiger partial charge in [-0.2, -0.15) is 50.7 Å². The standard InChI is InChI=1S/C18H17ClFN5O5S.C15H25BN2O4.C15H18FN3O5S.C14H16FN3O3.C11H10FN3O5S.C7H8ClNO.C5H3ClFNO/c1-10(12-5-4-6-21-16(12)19)29-18(26)24-17-13(9-23-25(17)2)15-14(20)7-11(8-22-15)30-31(3,27)28;1-13(2,3)20-12(19)11-10(9-17-18(11)8)16-21-14(4,5)15(6,7)22-16;1-15(2,3)23-14(20)13-10(8-18-19(13)4)12-11(16)6-9(7-17-12)24-25(5,21)22;1-14(2,3)21-13(20)12-9(7-17-18(12)4)11-10(15)5-8(19)6-16-11;1-15-10(11(16)17)7(5-14-15)9-8(12)3-6(4-13-9)20-21(2,18)19;1-5(10)6-3-2-4-9-7(6)8;6-5-4(7)1-3(9)2-8-5/h4-10H,1-3H3,(H,24,26);9H,1-8H3;6-8H,1-5H3;5-7,19H,1-4H3;3-5H,1-2H3,(H,16,17);2-5,10H,1H3;1-2,9H/t10-;;;;;5-;/m1....1./s1. The van der Waals surface area contributed by atoms with Gasteiger partial charge in [-0.25, -0.2) is 80.8 Å². The lowest BCUT2D eigenvalue weighted by Gasteiger charge is -2.32. The summed E-state index contributed by atoms with van der Waals surface area (Å²) in [5.74, 6) is -8.41. The number of aliphatic hydroxyl groups excluding tert-OH is 1. The average Bonchev–Trinajstić information content (AvgIpc) is 1.60. The molecular formula is C85H97BCl3F5N18O24S3. The second-order valence-corrected chi connectivity index (χ2v) is 39.4. The van der Waals surface area contributed by atoms with Crippen LogP contribution in [0, 0.1) is 29.1 Å². The van der Waals surface area contributed by atoms with Crippen LogP contribution in [0.15, 0.2) is 129 Å².